The van der Waals surface area contributed by atoms with Crippen LogP contribution in [0.2, 0.25) is 10.0 Å². The molecule has 0 aliphatic carbocycles. The third-order valence-electron chi connectivity index (χ3n) is 3.58. The number of hydrogen-bond acceptors (Lipinski definition) is 5. The van der Waals surface area contributed by atoms with Crippen LogP contribution in [0.15, 0.2) is 46.9 Å². The summed E-state index contributed by atoms with van der Waals surface area (Å²) in [6.07, 6.45) is 0.397. The number of rotatable bonds is 6. The van der Waals surface area contributed by atoms with E-state index in [4.69, 9.17) is 32.4 Å². The number of aromatic nitrogens is 2. The van der Waals surface area contributed by atoms with Crippen LogP contribution < -0.4 is 10.1 Å². The van der Waals surface area contributed by atoms with Crippen LogP contribution in [0.5, 0.6) is 5.75 Å². The van der Waals surface area contributed by atoms with Crippen LogP contribution in [-0.4, -0.2) is 29.8 Å². The first-order valence-corrected chi connectivity index (χ1v) is 8.52. The maximum atomic E-state index is 12.1. The van der Waals surface area contributed by atoms with Crippen molar-refractivity contribution in [2.45, 2.75) is 6.42 Å². The molecule has 1 amide bonds. The van der Waals surface area contributed by atoms with E-state index >= 15 is 0 Å². The summed E-state index contributed by atoms with van der Waals surface area (Å²) in [5, 5.41) is 11.5. The van der Waals surface area contributed by atoms with Gasteiger partial charge in [0.25, 0.3) is 5.91 Å². The Morgan fingerprint density at radius 1 is 1.19 bits per heavy atom. The fourth-order valence-corrected chi connectivity index (χ4v) is 2.77. The number of nitrogens with zero attached hydrogens (tertiary/aromatic N) is 2. The number of ether oxygens (including phenoxy) is 1. The molecule has 1 heterocycles. The lowest BCUT2D eigenvalue weighted by Crippen LogP contribution is -2.26. The van der Waals surface area contributed by atoms with Crippen LogP contribution in [0.3, 0.4) is 0 Å². The van der Waals surface area contributed by atoms with E-state index in [1.165, 1.54) is 6.07 Å². The van der Waals surface area contributed by atoms with Crippen molar-refractivity contribution >= 4 is 29.1 Å². The molecular formula is C18H15Cl2N3O3. The quantitative estimate of drug-likeness (QED) is 0.686. The molecule has 0 aliphatic heterocycles. The molecule has 3 rings (SSSR count). The molecule has 0 radical (unpaired) electrons. The molecular weight excluding hydrogens is 377 g/mol. The standard InChI is InChI=1S/C18H15Cl2N3O3/c1-25-13-4-2-3-11(9-13)18-23-22-16(26-18)7-8-21-17(24)14-6-5-12(19)10-15(14)20/h2-6,9-10H,7-8H2,1H3,(H,21,24). The van der Waals surface area contributed by atoms with Gasteiger partial charge in [-0.25, -0.2) is 0 Å². The molecule has 134 valence electrons. The van der Waals surface area contributed by atoms with Crippen LogP contribution in [0, 0.1) is 0 Å². The molecule has 1 N–H and O–H groups in total. The zero-order valence-corrected chi connectivity index (χ0v) is 15.3. The Balaban J connectivity index is 1.59. The second kappa shape index (κ2) is 8.21. The van der Waals surface area contributed by atoms with Crippen molar-refractivity contribution in [2.24, 2.45) is 0 Å². The topological polar surface area (TPSA) is 77.3 Å². The van der Waals surface area contributed by atoms with Gasteiger partial charge in [-0.15, -0.1) is 10.2 Å². The smallest absolute Gasteiger partial charge is 0.252 e. The SMILES string of the molecule is COc1cccc(-c2nnc(CCNC(=O)c3ccc(Cl)cc3Cl)o2)c1. The van der Waals surface area contributed by atoms with E-state index < -0.39 is 0 Å². The van der Waals surface area contributed by atoms with Gasteiger partial charge in [-0.05, 0) is 36.4 Å². The summed E-state index contributed by atoms with van der Waals surface area (Å²) < 4.78 is 10.8. The molecule has 0 saturated heterocycles. The van der Waals surface area contributed by atoms with E-state index in [9.17, 15) is 4.79 Å². The largest absolute Gasteiger partial charge is 0.497 e. The van der Waals surface area contributed by atoms with Crippen molar-refractivity contribution in [1.29, 1.82) is 0 Å². The van der Waals surface area contributed by atoms with Crippen LogP contribution in [0.4, 0.5) is 0 Å². The molecule has 0 saturated carbocycles. The molecule has 3 aromatic rings. The fourth-order valence-electron chi connectivity index (χ4n) is 2.28. The molecule has 6 nitrogen and oxygen atoms in total. The molecule has 26 heavy (non-hydrogen) atoms. The highest BCUT2D eigenvalue weighted by atomic mass is 35.5. The van der Waals surface area contributed by atoms with E-state index in [0.29, 0.717) is 46.1 Å². The van der Waals surface area contributed by atoms with Gasteiger partial charge in [0.05, 0.1) is 17.7 Å². The zero-order chi connectivity index (χ0) is 18.5. The van der Waals surface area contributed by atoms with Gasteiger partial charge < -0.3 is 14.5 Å². The lowest BCUT2D eigenvalue weighted by Gasteiger charge is -2.05. The Morgan fingerprint density at radius 2 is 2.04 bits per heavy atom. The van der Waals surface area contributed by atoms with Gasteiger partial charge in [0.1, 0.15) is 5.75 Å². The summed E-state index contributed by atoms with van der Waals surface area (Å²) >= 11 is 11.8. The van der Waals surface area contributed by atoms with Gasteiger partial charge in [0.15, 0.2) is 0 Å². The fraction of sp³-hybridized carbons (Fsp3) is 0.167. The molecule has 0 fully saturated rings. The van der Waals surface area contributed by atoms with Crippen LogP contribution in [0.1, 0.15) is 16.2 Å². The first-order valence-electron chi connectivity index (χ1n) is 7.77. The summed E-state index contributed by atoms with van der Waals surface area (Å²) in [5.74, 6) is 1.23. The summed E-state index contributed by atoms with van der Waals surface area (Å²) in [4.78, 5) is 12.1. The highest BCUT2D eigenvalue weighted by Crippen LogP contribution is 2.23. The number of halogens is 2. The Morgan fingerprint density at radius 3 is 2.81 bits per heavy atom. The summed E-state index contributed by atoms with van der Waals surface area (Å²) in [7, 11) is 1.59. The molecule has 0 spiro atoms. The molecule has 0 unspecified atom stereocenters. The number of nitrogens with one attached hydrogen (secondary N) is 1. The second-order valence-electron chi connectivity index (χ2n) is 5.36. The van der Waals surface area contributed by atoms with Crippen molar-refractivity contribution in [1.82, 2.24) is 15.5 Å². The average molecular weight is 392 g/mol. The van der Waals surface area contributed by atoms with Crippen molar-refractivity contribution in [3.05, 3.63) is 64.0 Å². The number of carbonyl (C=O) groups is 1. The first-order chi connectivity index (χ1) is 12.6. The molecule has 2 aromatic carbocycles. The van der Waals surface area contributed by atoms with E-state index in [2.05, 4.69) is 15.5 Å². The van der Waals surface area contributed by atoms with E-state index in [1.807, 2.05) is 24.3 Å². The summed E-state index contributed by atoms with van der Waals surface area (Å²) in [6.45, 7) is 0.331. The number of amides is 1. The molecule has 0 bridgehead atoms. The van der Waals surface area contributed by atoms with E-state index in [-0.39, 0.29) is 5.91 Å². The van der Waals surface area contributed by atoms with E-state index in [0.717, 1.165) is 5.56 Å². The summed E-state index contributed by atoms with van der Waals surface area (Å²) in [5.41, 5.74) is 1.12. The number of hydrogen-bond donors (Lipinski definition) is 1. The molecule has 0 atom stereocenters. The Hall–Kier alpha value is -2.57. The van der Waals surface area contributed by atoms with Crippen LogP contribution in [-0.2, 0) is 6.42 Å². The lowest BCUT2D eigenvalue weighted by molar-refractivity contribution is 0.0954. The Kier molecular flexibility index (Phi) is 5.75. The molecule has 1 aromatic heterocycles. The maximum absolute atomic E-state index is 12.1. The van der Waals surface area contributed by atoms with Crippen LogP contribution in [0.25, 0.3) is 11.5 Å². The van der Waals surface area contributed by atoms with Crippen molar-refractivity contribution in [2.75, 3.05) is 13.7 Å². The van der Waals surface area contributed by atoms with Gasteiger partial charge in [-0.1, -0.05) is 29.3 Å². The predicted molar refractivity (Wildman–Crippen MR) is 98.8 cm³/mol. The zero-order valence-electron chi connectivity index (χ0n) is 13.8. The Bertz CT molecular complexity index is 928. The minimum Gasteiger partial charge on any atom is -0.497 e. The third kappa shape index (κ3) is 4.33. The van der Waals surface area contributed by atoms with Gasteiger partial charge in [-0.3, -0.25) is 4.79 Å². The van der Waals surface area contributed by atoms with E-state index in [1.54, 1.807) is 19.2 Å². The van der Waals surface area contributed by atoms with Gasteiger partial charge in [-0.2, -0.15) is 0 Å². The number of carbonyl (C=O) groups excluding carboxylic acids is 1. The predicted octanol–water partition coefficient (Wildman–Crippen LogP) is 4.02. The lowest BCUT2D eigenvalue weighted by atomic mass is 10.2. The van der Waals surface area contributed by atoms with Crippen molar-refractivity contribution in [3.63, 3.8) is 0 Å². The normalized spacial score (nSPS) is 10.6. The Labute approximate surface area is 160 Å². The van der Waals surface area contributed by atoms with Gasteiger partial charge in [0, 0.05) is 23.6 Å². The highest BCUT2D eigenvalue weighted by Gasteiger charge is 2.12. The first kappa shape index (κ1) is 18.2. The van der Waals surface area contributed by atoms with Crippen molar-refractivity contribution < 1.29 is 13.9 Å². The third-order valence-corrected chi connectivity index (χ3v) is 4.13. The minimum absolute atomic E-state index is 0.292. The summed E-state index contributed by atoms with van der Waals surface area (Å²) in [6, 6.07) is 12.0. The minimum atomic E-state index is -0.292. The van der Waals surface area contributed by atoms with Crippen LogP contribution >= 0.6 is 23.2 Å². The highest BCUT2D eigenvalue weighted by molar-refractivity contribution is 6.36. The monoisotopic (exact) mass is 391 g/mol. The second-order valence-corrected chi connectivity index (χ2v) is 6.21. The van der Waals surface area contributed by atoms with Crippen molar-refractivity contribution in [3.8, 4) is 17.2 Å². The van der Waals surface area contributed by atoms with Gasteiger partial charge >= 0.3 is 0 Å². The number of benzene rings is 2. The average Bonchev–Trinajstić information content (AvgIpc) is 3.10. The molecule has 8 heteroatoms. The van der Waals surface area contributed by atoms with Gasteiger partial charge in [0.2, 0.25) is 11.8 Å². The molecule has 0 aliphatic rings. The maximum Gasteiger partial charge on any atom is 0.252 e. The number of methoxy groups -OCH3 is 1.